The number of rotatable bonds is 4. The number of aromatic amines is 1. The van der Waals surface area contributed by atoms with E-state index >= 15 is 0 Å². The zero-order chi connectivity index (χ0) is 20.2. The van der Waals surface area contributed by atoms with E-state index in [1.807, 2.05) is 30.5 Å². The Hall–Kier alpha value is -2.95. The molecule has 1 aromatic carbocycles. The average Bonchev–Trinajstić information content (AvgIpc) is 3.52. The van der Waals surface area contributed by atoms with Crippen molar-refractivity contribution in [2.45, 2.75) is 17.3 Å². The predicted molar refractivity (Wildman–Crippen MR) is 121 cm³/mol. The van der Waals surface area contributed by atoms with E-state index < -0.39 is 0 Å². The third kappa shape index (κ3) is 2.72. The van der Waals surface area contributed by atoms with Gasteiger partial charge in [-0.2, -0.15) is 0 Å². The van der Waals surface area contributed by atoms with Crippen molar-refractivity contribution >= 4 is 59.8 Å². The average molecular weight is 452 g/mol. The summed E-state index contributed by atoms with van der Waals surface area (Å²) in [4.78, 5) is 22.1. The molecule has 1 atom stereocenters. The van der Waals surface area contributed by atoms with Crippen LogP contribution < -0.4 is 5.56 Å². The number of para-hydroxylation sites is 1. The molecular weight excluding hydrogens is 438 g/mol. The van der Waals surface area contributed by atoms with Gasteiger partial charge in [0.2, 0.25) is 4.96 Å². The SMILES string of the molecule is C[C@H](Sc1nnc2sc3ccccc3n12)c1nc2scc(-c3ccco3)c2c(=O)[nH]1. The molecule has 0 aliphatic carbocycles. The molecule has 0 saturated heterocycles. The van der Waals surface area contributed by atoms with E-state index in [-0.39, 0.29) is 10.8 Å². The van der Waals surface area contributed by atoms with Gasteiger partial charge in [-0.25, -0.2) is 4.98 Å². The number of nitrogens with zero attached hydrogens (tertiary/aromatic N) is 4. The van der Waals surface area contributed by atoms with Gasteiger partial charge < -0.3 is 9.40 Å². The fourth-order valence-corrected chi connectivity index (χ4v) is 6.29. The van der Waals surface area contributed by atoms with Crippen molar-refractivity contribution in [2.75, 3.05) is 0 Å². The highest BCUT2D eigenvalue weighted by Gasteiger charge is 2.20. The largest absolute Gasteiger partial charge is 0.464 e. The van der Waals surface area contributed by atoms with Crippen LogP contribution in [-0.4, -0.2) is 24.6 Å². The Kier molecular flexibility index (Phi) is 4.05. The molecule has 6 rings (SSSR count). The summed E-state index contributed by atoms with van der Waals surface area (Å²) in [5.74, 6) is 1.28. The summed E-state index contributed by atoms with van der Waals surface area (Å²) in [5.41, 5.74) is 1.68. The van der Waals surface area contributed by atoms with E-state index in [2.05, 4.69) is 31.7 Å². The zero-order valence-electron chi connectivity index (χ0n) is 15.5. The molecule has 0 aliphatic rings. The van der Waals surface area contributed by atoms with E-state index in [0.717, 1.165) is 25.9 Å². The molecule has 10 heteroatoms. The number of hydrogen-bond donors (Lipinski definition) is 1. The van der Waals surface area contributed by atoms with Crippen LogP contribution in [0.2, 0.25) is 0 Å². The lowest BCUT2D eigenvalue weighted by atomic mass is 10.2. The van der Waals surface area contributed by atoms with E-state index in [1.54, 1.807) is 23.7 Å². The second kappa shape index (κ2) is 6.79. The molecular formula is C20H13N5O2S3. The van der Waals surface area contributed by atoms with Gasteiger partial charge in [0.25, 0.3) is 5.56 Å². The van der Waals surface area contributed by atoms with Crippen LogP contribution in [0.1, 0.15) is 18.0 Å². The summed E-state index contributed by atoms with van der Waals surface area (Å²) in [6.45, 7) is 2.01. The van der Waals surface area contributed by atoms with Gasteiger partial charge in [0, 0.05) is 10.9 Å². The minimum absolute atomic E-state index is 0.109. The number of hydrogen-bond acceptors (Lipinski definition) is 8. The normalized spacial score (nSPS) is 13.0. The third-order valence-electron chi connectivity index (χ3n) is 4.83. The van der Waals surface area contributed by atoms with Crippen LogP contribution in [0, 0.1) is 0 Å². The van der Waals surface area contributed by atoms with Gasteiger partial charge in [-0.15, -0.1) is 21.5 Å². The van der Waals surface area contributed by atoms with Crippen LogP contribution in [-0.2, 0) is 0 Å². The highest BCUT2D eigenvalue weighted by atomic mass is 32.2. The number of nitrogens with one attached hydrogen (secondary N) is 1. The molecule has 0 fully saturated rings. The van der Waals surface area contributed by atoms with E-state index in [4.69, 9.17) is 9.40 Å². The standard InChI is InChI=1S/C20H13N5O2S3/c1-10(29-19-23-24-20-25(19)12-5-2-3-7-14(12)30-20)16-21-17(26)15-11(9-28-18(15)22-16)13-6-4-8-27-13/h2-10H,1H3,(H,21,22,26)/t10-/m0/s1. The minimum atomic E-state index is -0.164. The number of aromatic nitrogens is 5. The maximum absolute atomic E-state index is 12.9. The van der Waals surface area contributed by atoms with Crippen LogP contribution in [0.4, 0.5) is 0 Å². The summed E-state index contributed by atoms with van der Waals surface area (Å²) in [5, 5.41) is 11.8. The molecule has 5 heterocycles. The molecule has 0 unspecified atom stereocenters. The second-order valence-corrected chi connectivity index (χ2v) is 9.86. The quantitative estimate of drug-likeness (QED) is 0.363. The first-order valence-electron chi connectivity index (χ1n) is 9.13. The van der Waals surface area contributed by atoms with Crippen LogP contribution >= 0.6 is 34.4 Å². The fourth-order valence-electron chi connectivity index (χ4n) is 3.42. The first-order chi connectivity index (χ1) is 14.7. The van der Waals surface area contributed by atoms with Gasteiger partial charge in [-0.1, -0.05) is 35.2 Å². The van der Waals surface area contributed by atoms with Crippen molar-refractivity contribution in [2.24, 2.45) is 0 Å². The summed E-state index contributed by atoms with van der Waals surface area (Å²) in [6.07, 6.45) is 1.60. The number of H-pyrrole nitrogens is 1. The molecule has 0 aliphatic heterocycles. The summed E-state index contributed by atoms with van der Waals surface area (Å²) in [6, 6.07) is 11.8. The summed E-state index contributed by atoms with van der Waals surface area (Å²) in [7, 11) is 0. The molecule has 0 spiro atoms. The van der Waals surface area contributed by atoms with Crippen molar-refractivity contribution in [3.8, 4) is 11.3 Å². The molecule has 30 heavy (non-hydrogen) atoms. The summed E-state index contributed by atoms with van der Waals surface area (Å²) < 4.78 is 8.68. The Morgan fingerprint density at radius 1 is 1.20 bits per heavy atom. The van der Waals surface area contributed by atoms with Gasteiger partial charge in [0.15, 0.2) is 5.16 Å². The topological polar surface area (TPSA) is 89.1 Å². The summed E-state index contributed by atoms with van der Waals surface area (Å²) >= 11 is 4.57. The number of fused-ring (bicyclic) bond motifs is 4. The maximum atomic E-state index is 12.9. The molecule has 6 aromatic rings. The Morgan fingerprint density at radius 3 is 2.97 bits per heavy atom. The molecule has 0 saturated carbocycles. The van der Waals surface area contributed by atoms with E-state index in [1.165, 1.54) is 23.1 Å². The van der Waals surface area contributed by atoms with Crippen LogP contribution in [0.3, 0.4) is 0 Å². The van der Waals surface area contributed by atoms with Crippen molar-refractivity contribution < 1.29 is 4.42 Å². The number of thiophene rings is 1. The number of furan rings is 1. The van der Waals surface area contributed by atoms with Crippen molar-refractivity contribution in [1.82, 2.24) is 24.6 Å². The van der Waals surface area contributed by atoms with Gasteiger partial charge in [-0.05, 0) is 31.2 Å². The maximum Gasteiger partial charge on any atom is 0.260 e. The Morgan fingerprint density at radius 2 is 2.10 bits per heavy atom. The monoisotopic (exact) mass is 451 g/mol. The van der Waals surface area contributed by atoms with Crippen LogP contribution in [0.5, 0.6) is 0 Å². The highest BCUT2D eigenvalue weighted by Crippen LogP contribution is 2.37. The molecule has 1 N–H and O–H groups in total. The predicted octanol–water partition coefficient (Wildman–Crippen LogP) is 5.36. The lowest BCUT2D eigenvalue weighted by Crippen LogP contribution is -2.12. The fraction of sp³-hybridized carbons (Fsp3) is 0.100. The second-order valence-electron chi connectivity index (χ2n) is 6.69. The smallest absolute Gasteiger partial charge is 0.260 e. The Balaban J connectivity index is 1.40. The highest BCUT2D eigenvalue weighted by molar-refractivity contribution is 7.99. The third-order valence-corrected chi connectivity index (χ3v) is 7.76. The zero-order valence-corrected chi connectivity index (χ0v) is 18.0. The van der Waals surface area contributed by atoms with E-state index in [0.29, 0.717) is 21.8 Å². The van der Waals surface area contributed by atoms with Gasteiger partial charge >= 0.3 is 0 Å². The van der Waals surface area contributed by atoms with Crippen molar-refractivity contribution in [3.63, 3.8) is 0 Å². The van der Waals surface area contributed by atoms with Crippen molar-refractivity contribution in [3.05, 3.63) is 64.2 Å². The van der Waals surface area contributed by atoms with Gasteiger partial charge in [0.05, 0.1) is 27.1 Å². The molecule has 0 amide bonds. The molecule has 0 bridgehead atoms. The van der Waals surface area contributed by atoms with E-state index in [9.17, 15) is 4.79 Å². The molecule has 148 valence electrons. The van der Waals surface area contributed by atoms with Gasteiger partial charge in [0.1, 0.15) is 16.4 Å². The molecule has 7 nitrogen and oxygen atoms in total. The van der Waals surface area contributed by atoms with Crippen LogP contribution in [0.15, 0.2) is 62.4 Å². The first kappa shape index (κ1) is 17.9. The molecule has 0 radical (unpaired) electrons. The number of thioether (sulfide) groups is 1. The van der Waals surface area contributed by atoms with Crippen molar-refractivity contribution in [1.29, 1.82) is 0 Å². The molecule has 5 aromatic heterocycles. The van der Waals surface area contributed by atoms with Crippen LogP contribution in [0.25, 0.3) is 36.7 Å². The Labute approximate surface area is 181 Å². The van der Waals surface area contributed by atoms with Gasteiger partial charge in [-0.3, -0.25) is 9.20 Å². The number of thiazole rings is 1. The Bertz CT molecular complexity index is 1570. The lowest BCUT2D eigenvalue weighted by molar-refractivity contribution is 0.583. The lowest BCUT2D eigenvalue weighted by Gasteiger charge is -2.09. The minimum Gasteiger partial charge on any atom is -0.464 e. The first-order valence-corrected chi connectivity index (χ1v) is 11.7. The number of benzene rings is 1.